The van der Waals surface area contributed by atoms with E-state index < -0.39 is 23.1 Å². The smallest absolute Gasteiger partial charge is 0.335 e. The second-order valence-electron chi connectivity index (χ2n) is 11.4. The third-order valence-corrected chi connectivity index (χ3v) is 8.87. The number of hydrogen-bond donors (Lipinski definition) is 0. The van der Waals surface area contributed by atoms with Crippen molar-refractivity contribution in [3.8, 4) is 0 Å². The summed E-state index contributed by atoms with van der Waals surface area (Å²) in [5.74, 6) is -1.25. The zero-order valence-corrected chi connectivity index (χ0v) is 23.7. The number of rotatable bonds is 6. The Morgan fingerprint density at radius 2 is 1.15 bits per heavy atom. The lowest BCUT2D eigenvalue weighted by Gasteiger charge is -2.25. The number of carbonyl (C=O) groups is 4. The number of esters is 2. The molecule has 0 aromatic heterocycles. The first-order valence-electron chi connectivity index (χ1n) is 14.0. The van der Waals surface area contributed by atoms with Gasteiger partial charge in [0.05, 0.1) is 0 Å². The van der Waals surface area contributed by atoms with E-state index in [0.717, 1.165) is 30.7 Å². The Morgan fingerprint density at radius 1 is 0.756 bits per heavy atom. The molecule has 0 aromatic rings. The molecule has 8 heteroatoms. The van der Waals surface area contributed by atoms with Crippen molar-refractivity contribution in [2.24, 2.45) is 11.8 Å². The molecule has 2 amide bonds. The number of allylic oxidation sites excluding steroid dienone is 6. The predicted octanol–water partition coefficient (Wildman–Crippen LogP) is 4.60. The highest BCUT2D eigenvalue weighted by atomic mass is 16.6. The fraction of sp³-hybridized carbons (Fsp3) is 0.394. The average molecular weight is 557 g/mol. The maximum Gasteiger partial charge on any atom is 0.335 e. The van der Waals surface area contributed by atoms with E-state index in [2.05, 4.69) is 26.3 Å². The van der Waals surface area contributed by atoms with Crippen molar-refractivity contribution in [2.75, 3.05) is 13.1 Å². The molecule has 41 heavy (non-hydrogen) atoms. The monoisotopic (exact) mass is 556 g/mol. The summed E-state index contributed by atoms with van der Waals surface area (Å²) in [4.78, 5) is 55.7. The molecule has 5 rings (SSSR count). The molecule has 1 saturated carbocycles. The summed E-state index contributed by atoms with van der Waals surface area (Å²) in [6.45, 7) is 19.9. The largest absolute Gasteiger partial charge is 0.440 e. The molecule has 2 spiro atoms. The number of amides is 2. The number of ether oxygens (including phenoxy) is 2. The summed E-state index contributed by atoms with van der Waals surface area (Å²) >= 11 is 0. The fourth-order valence-corrected chi connectivity index (χ4v) is 7.09. The molecule has 4 aliphatic heterocycles. The average Bonchev–Trinajstić information content (AvgIpc) is 3.69. The Morgan fingerprint density at radius 3 is 1.44 bits per heavy atom. The predicted molar refractivity (Wildman–Crippen MR) is 153 cm³/mol. The van der Waals surface area contributed by atoms with Crippen LogP contribution in [-0.4, -0.2) is 57.8 Å². The molecule has 4 unspecified atom stereocenters. The van der Waals surface area contributed by atoms with Gasteiger partial charge in [0.2, 0.25) is 11.2 Å². The third kappa shape index (κ3) is 4.19. The topological polar surface area (TPSA) is 93.2 Å². The van der Waals surface area contributed by atoms with Gasteiger partial charge in [0.15, 0.2) is 0 Å². The van der Waals surface area contributed by atoms with E-state index in [9.17, 15) is 19.2 Å². The summed E-state index contributed by atoms with van der Waals surface area (Å²) in [5.41, 5.74) is 0.461. The molecule has 0 bridgehead atoms. The molecule has 4 saturated heterocycles. The fourth-order valence-electron chi connectivity index (χ4n) is 7.09. The minimum atomic E-state index is -1.39. The lowest BCUT2D eigenvalue weighted by Crippen LogP contribution is -2.42. The highest BCUT2D eigenvalue weighted by molar-refractivity contribution is 6.06. The maximum absolute atomic E-state index is 13.8. The van der Waals surface area contributed by atoms with Gasteiger partial charge < -0.3 is 19.3 Å². The summed E-state index contributed by atoms with van der Waals surface area (Å²) in [6.07, 6.45) is 13.2. The van der Waals surface area contributed by atoms with Crippen LogP contribution in [-0.2, 0) is 28.7 Å². The van der Waals surface area contributed by atoms with E-state index in [1.54, 1.807) is 34.1 Å². The van der Waals surface area contributed by atoms with Gasteiger partial charge in [0, 0.05) is 59.6 Å². The third-order valence-electron chi connectivity index (χ3n) is 8.87. The van der Waals surface area contributed by atoms with E-state index in [0.29, 0.717) is 24.2 Å². The normalized spacial score (nSPS) is 35.5. The zero-order valence-electron chi connectivity index (χ0n) is 23.7. The van der Waals surface area contributed by atoms with Gasteiger partial charge in [-0.3, -0.25) is 9.59 Å². The Kier molecular flexibility index (Phi) is 7.14. The van der Waals surface area contributed by atoms with Crippen LogP contribution in [0.25, 0.3) is 0 Å². The molecule has 0 aromatic carbocycles. The van der Waals surface area contributed by atoms with Crippen LogP contribution >= 0.6 is 0 Å². The first-order chi connectivity index (χ1) is 19.6. The van der Waals surface area contributed by atoms with Gasteiger partial charge >= 0.3 is 11.9 Å². The van der Waals surface area contributed by atoms with Crippen LogP contribution in [0.15, 0.2) is 96.5 Å². The van der Waals surface area contributed by atoms with Crippen LogP contribution in [0.2, 0.25) is 0 Å². The van der Waals surface area contributed by atoms with Gasteiger partial charge in [-0.2, -0.15) is 0 Å². The van der Waals surface area contributed by atoms with Crippen molar-refractivity contribution in [3.05, 3.63) is 96.5 Å². The van der Waals surface area contributed by atoms with Crippen LogP contribution < -0.4 is 0 Å². The molecule has 0 N–H and O–H groups in total. The molecular weight excluding hydrogens is 520 g/mol. The van der Waals surface area contributed by atoms with Crippen molar-refractivity contribution >= 4 is 23.8 Å². The number of hydrogen-bond acceptors (Lipinski definition) is 6. The van der Waals surface area contributed by atoms with E-state index in [1.165, 1.54) is 0 Å². The van der Waals surface area contributed by atoms with Crippen molar-refractivity contribution in [1.82, 2.24) is 9.80 Å². The van der Waals surface area contributed by atoms with Crippen LogP contribution in [0, 0.1) is 11.8 Å². The summed E-state index contributed by atoms with van der Waals surface area (Å²) in [7, 11) is 0. The Balaban J connectivity index is 1.34. The number of likely N-dealkylation sites (tertiary alicyclic amines) is 2. The molecule has 4 heterocycles. The van der Waals surface area contributed by atoms with Gasteiger partial charge in [-0.1, -0.05) is 62.8 Å². The summed E-state index contributed by atoms with van der Waals surface area (Å²) in [6, 6.07) is 0. The zero-order chi connectivity index (χ0) is 29.7. The van der Waals surface area contributed by atoms with E-state index >= 15 is 0 Å². The first kappa shape index (κ1) is 28.3. The Bertz CT molecular complexity index is 1280. The lowest BCUT2D eigenvalue weighted by atomic mass is 9.90. The van der Waals surface area contributed by atoms with Crippen LogP contribution in [0.4, 0.5) is 0 Å². The summed E-state index contributed by atoms with van der Waals surface area (Å²) < 4.78 is 11.3. The van der Waals surface area contributed by atoms with E-state index in [1.807, 2.05) is 26.0 Å². The minimum absolute atomic E-state index is 0.119. The van der Waals surface area contributed by atoms with Gasteiger partial charge in [-0.05, 0) is 44.9 Å². The first-order valence-corrected chi connectivity index (χ1v) is 14.0. The van der Waals surface area contributed by atoms with Gasteiger partial charge in [-0.15, -0.1) is 0 Å². The van der Waals surface area contributed by atoms with Crippen LogP contribution in [0.1, 0.15) is 46.0 Å². The maximum atomic E-state index is 13.8. The minimum Gasteiger partial charge on any atom is -0.440 e. The SMILES string of the molecule is C=C/C=C1\C(=C/C)N(CC2CCC(CN3C(=O)C4(CC(=C)C(=O)O4)C(=C/C=C)/C3=C\C)C2)C(=O)C12CC(=C)C(=O)O2. The van der Waals surface area contributed by atoms with Gasteiger partial charge in [-0.25, -0.2) is 9.59 Å². The van der Waals surface area contributed by atoms with Gasteiger partial charge in [0.25, 0.3) is 11.8 Å². The van der Waals surface area contributed by atoms with E-state index in [4.69, 9.17) is 9.47 Å². The van der Waals surface area contributed by atoms with Crippen LogP contribution in [0.3, 0.4) is 0 Å². The lowest BCUT2D eigenvalue weighted by molar-refractivity contribution is -0.155. The molecule has 5 aliphatic rings. The highest BCUT2D eigenvalue weighted by Crippen LogP contribution is 2.50. The molecule has 214 valence electrons. The van der Waals surface area contributed by atoms with Gasteiger partial charge in [0.1, 0.15) is 0 Å². The Hall–Kier alpha value is -4.20. The number of nitrogens with zero attached hydrogens (tertiary/aromatic N) is 2. The molecular formula is C33H36N2O6. The molecule has 8 nitrogen and oxygen atoms in total. The van der Waals surface area contributed by atoms with Crippen molar-refractivity contribution in [1.29, 1.82) is 0 Å². The second-order valence-corrected chi connectivity index (χ2v) is 11.4. The molecule has 4 atom stereocenters. The summed E-state index contributed by atoms with van der Waals surface area (Å²) in [5, 5.41) is 0. The van der Waals surface area contributed by atoms with Crippen LogP contribution in [0.5, 0.6) is 0 Å². The quantitative estimate of drug-likeness (QED) is 0.351. The Labute approximate surface area is 240 Å². The highest BCUT2D eigenvalue weighted by Gasteiger charge is 2.61. The standard InChI is InChI=1S/C33H36N2O6/c1-7-11-24-26(9-3)34(30(38)32(24)16-20(5)28(36)40-32)18-22-13-14-23(15-22)19-35-27(10-4)25(12-8-2)33(31(35)39)17-21(6)29(37)41-33/h7-12,22-23H,1-2,5-6,13-19H2,3-4H3/b24-11+,25-12+,26-9+,27-10+. The second kappa shape index (κ2) is 10.3. The molecule has 0 radical (unpaired) electrons. The van der Waals surface area contributed by atoms with E-state index in [-0.39, 0.29) is 47.6 Å². The molecule has 1 aliphatic carbocycles. The van der Waals surface area contributed by atoms with Crippen molar-refractivity contribution in [2.45, 2.75) is 57.2 Å². The number of carbonyl (C=O) groups excluding carboxylic acids is 4. The van der Waals surface area contributed by atoms with Crippen molar-refractivity contribution in [3.63, 3.8) is 0 Å². The molecule has 5 fully saturated rings. The van der Waals surface area contributed by atoms with Crippen molar-refractivity contribution < 1.29 is 28.7 Å².